The molecule has 1 aliphatic heterocycles. The van der Waals surface area contributed by atoms with Gasteiger partial charge in [-0.15, -0.1) is 10.2 Å². The third-order valence-electron chi connectivity index (χ3n) is 3.77. The number of methoxy groups -OCH3 is 1. The van der Waals surface area contributed by atoms with E-state index in [1.54, 1.807) is 7.11 Å². The number of aromatic nitrogens is 3. The summed E-state index contributed by atoms with van der Waals surface area (Å²) >= 11 is 1.26. The summed E-state index contributed by atoms with van der Waals surface area (Å²) in [6.07, 6.45) is -0.582. The van der Waals surface area contributed by atoms with Crippen molar-refractivity contribution in [3.05, 3.63) is 24.3 Å². The number of imide groups is 1. The fraction of sp³-hybridized carbons (Fsp3) is 0.375. The number of nitrogens with zero attached hydrogens (tertiary/aromatic N) is 4. The first kappa shape index (κ1) is 17.3. The number of carbonyl (C=O) groups excluding carboxylic acids is 2. The summed E-state index contributed by atoms with van der Waals surface area (Å²) in [5.41, 5.74) is 0.913. The topological polar surface area (TPSA) is 86.6 Å². The first-order valence-electron chi connectivity index (χ1n) is 7.81. The normalized spacial score (nSPS) is 13.8. The van der Waals surface area contributed by atoms with Crippen LogP contribution in [-0.2, 0) is 16.1 Å². The van der Waals surface area contributed by atoms with Gasteiger partial charge in [-0.05, 0) is 31.2 Å². The zero-order valence-corrected chi connectivity index (χ0v) is 14.8. The van der Waals surface area contributed by atoms with Gasteiger partial charge in [-0.1, -0.05) is 11.8 Å². The van der Waals surface area contributed by atoms with Gasteiger partial charge in [-0.25, -0.2) is 9.69 Å². The van der Waals surface area contributed by atoms with Crippen molar-refractivity contribution < 1.29 is 19.1 Å². The standard InChI is InChI=1S/C16H18N4O4S/c1-3-19-14(11-4-6-12(23-2)7-5-11)17-18-15(19)25-10-13(21)20-8-9-24-16(20)22/h4-7H,3,8-10H2,1-2H3. The van der Waals surface area contributed by atoms with E-state index in [1.165, 1.54) is 11.8 Å². The average molecular weight is 362 g/mol. The summed E-state index contributed by atoms with van der Waals surface area (Å²) < 4.78 is 11.9. The molecular formula is C16H18N4O4S. The Morgan fingerprint density at radius 2 is 2.08 bits per heavy atom. The summed E-state index contributed by atoms with van der Waals surface area (Å²) in [4.78, 5) is 24.6. The maximum absolute atomic E-state index is 12.1. The lowest BCUT2D eigenvalue weighted by atomic mass is 10.2. The van der Waals surface area contributed by atoms with Crippen molar-refractivity contribution in [2.45, 2.75) is 18.6 Å². The van der Waals surface area contributed by atoms with Gasteiger partial charge in [-0.2, -0.15) is 0 Å². The highest BCUT2D eigenvalue weighted by atomic mass is 32.2. The molecule has 0 radical (unpaired) electrons. The first-order valence-corrected chi connectivity index (χ1v) is 8.80. The summed E-state index contributed by atoms with van der Waals surface area (Å²) in [6.45, 7) is 3.20. The van der Waals surface area contributed by atoms with Crippen LogP contribution in [0.3, 0.4) is 0 Å². The van der Waals surface area contributed by atoms with Crippen molar-refractivity contribution in [2.24, 2.45) is 0 Å². The minimum atomic E-state index is -0.582. The Bertz CT molecular complexity index is 775. The molecular weight excluding hydrogens is 344 g/mol. The first-order chi connectivity index (χ1) is 12.1. The van der Waals surface area contributed by atoms with E-state index in [0.29, 0.717) is 18.2 Å². The van der Waals surface area contributed by atoms with E-state index >= 15 is 0 Å². The van der Waals surface area contributed by atoms with Gasteiger partial charge in [0.2, 0.25) is 5.91 Å². The molecule has 132 valence electrons. The van der Waals surface area contributed by atoms with Gasteiger partial charge in [0.1, 0.15) is 12.4 Å². The van der Waals surface area contributed by atoms with Crippen LogP contribution in [0, 0.1) is 0 Å². The van der Waals surface area contributed by atoms with E-state index in [0.717, 1.165) is 22.0 Å². The molecule has 2 amide bonds. The van der Waals surface area contributed by atoms with Crippen molar-refractivity contribution in [1.82, 2.24) is 19.7 Å². The fourth-order valence-electron chi connectivity index (χ4n) is 2.46. The van der Waals surface area contributed by atoms with E-state index in [9.17, 15) is 9.59 Å². The number of hydrogen-bond acceptors (Lipinski definition) is 7. The maximum Gasteiger partial charge on any atom is 0.416 e. The van der Waals surface area contributed by atoms with Crippen molar-refractivity contribution in [2.75, 3.05) is 26.0 Å². The van der Waals surface area contributed by atoms with Gasteiger partial charge in [0.05, 0.1) is 19.4 Å². The predicted octanol–water partition coefficient (Wildman–Crippen LogP) is 2.04. The van der Waals surface area contributed by atoms with Gasteiger partial charge in [-0.3, -0.25) is 4.79 Å². The predicted molar refractivity (Wildman–Crippen MR) is 91.5 cm³/mol. The number of cyclic esters (lactones) is 1. The molecule has 1 aromatic carbocycles. The number of carbonyl (C=O) groups is 2. The van der Waals surface area contributed by atoms with Crippen LogP contribution >= 0.6 is 11.8 Å². The van der Waals surface area contributed by atoms with Crippen LogP contribution in [0.15, 0.2) is 29.4 Å². The second-order valence-corrected chi connectivity index (χ2v) is 6.17. The molecule has 0 bridgehead atoms. The van der Waals surface area contributed by atoms with Crippen LogP contribution < -0.4 is 4.74 Å². The highest BCUT2D eigenvalue weighted by Crippen LogP contribution is 2.25. The zero-order chi connectivity index (χ0) is 17.8. The van der Waals surface area contributed by atoms with Gasteiger partial charge in [0.15, 0.2) is 11.0 Å². The van der Waals surface area contributed by atoms with Gasteiger partial charge >= 0.3 is 6.09 Å². The molecule has 2 heterocycles. The molecule has 0 atom stereocenters. The minimum Gasteiger partial charge on any atom is -0.497 e. The number of hydrogen-bond donors (Lipinski definition) is 0. The molecule has 1 aromatic heterocycles. The van der Waals surface area contributed by atoms with Crippen LogP contribution in [0.4, 0.5) is 4.79 Å². The summed E-state index contributed by atoms with van der Waals surface area (Å²) in [7, 11) is 1.62. The molecule has 3 rings (SSSR count). The second kappa shape index (κ2) is 7.56. The van der Waals surface area contributed by atoms with E-state index < -0.39 is 6.09 Å². The van der Waals surface area contributed by atoms with Gasteiger partial charge in [0, 0.05) is 12.1 Å². The molecule has 1 fully saturated rings. The average Bonchev–Trinajstić information content (AvgIpc) is 3.25. The molecule has 0 saturated carbocycles. The third kappa shape index (κ3) is 3.60. The van der Waals surface area contributed by atoms with Crippen molar-refractivity contribution in [1.29, 1.82) is 0 Å². The van der Waals surface area contributed by atoms with E-state index in [2.05, 4.69) is 10.2 Å². The van der Waals surface area contributed by atoms with Crippen LogP contribution in [-0.4, -0.2) is 57.7 Å². The van der Waals surface area contributed by atoms with Crippen LogP contribution in [0.25, 0.3) is 11.4 Å². The Hall–Kier alpha value is -2.55. The number of ether oxygens (including phenoxy) is 2. The third-order valence-corrected chi connectivity index (χ3v) is 4.72. The molecule has 2 aromatic rings. The number of thioether (sulfide) groups is 1. The lowest BCUT2D eigenvalue weighted by Gasteiger charge is -2.11. The highest BCUT2D eigenvalue weighted by molar-refractivity contribution is 7.99. The summed E-state index contributed by atoms with van der Waals surface area (Å²) in [6, 6.07) is 7.54. The fourth-order valence-corrected chi connectivity index (χ4v) is 3.34. The molecule has 0 N–H and O–H groups in total. The SMILES string of the molecule is CCn1c(SCC(=O)N2CCOC2=O)nnc1-c1ccc(OC)cc1. The lowest BCUT2D eigenvalue weighted by molar-refractivity contribution is -0.125. The minimum absolute atomic E-state index is 0.107. The molecule has 8 nitrogen and oxygen atoms in total. The quantitative estimate of drug-likeness (QED) is 0.727. The van der Waals surface area contributed by atoms with Crippen LogP contribution in [0.1, 0.15) is 6.92 Å². The maximum atomic E-state index is 12.1. The Morgan fingerprint density at radius 3 is 2.68 bits per heavy atom. The molecule has 9 heteroatoms. The number of rotatable bonds is 6. The van der Waals surface area contributed by atoms with Gasteiger partial charge in [0.25, 0.3) is 0 Å². The van der Waals surface area contributed by atoms with Crippen LogP contribution in [0.2, 0.25) is 0 Å². The molecule has 0 aliphatic carbocycles. The van der Waals surface area contributed by atoms with E-state index in [4.69, 9.17) is 9.47 Å². The zero-order valence-electron chi connectivity index (χ0n) is 14.0. The van der Waals surface area contributed by atoms with Crippen molar-refractivity contribution in [3.8, 4) is 17.1 Å². The summed E-state index contributed by atoms with van der Waals surface area (Å²) in [5.74, 6) is 1.31. The Labute approximate surface area is 149 Å². The Morgan fingerprint density at radius 1 is 1.32 bits per heavy atom. The van der Waals surface area contributed by atoms with Gasteiger partial charge < -0.3 is 14.0 Å². The Kier molecular flexibility index (Phi) is 5.22. The molecule has 1 saturated heterocycles. The number of amides is 2. The lowest BCUT2D eigenvalue weighted by Crippen LogP contribution is -2.33. The molecule has 1 aliphatic rings. The van der Waals surface area contributed by atoms with Crippen LogP contribution in [0.5, 0.6) is 5.75 Å². The smallest absolute Gasteiger partial charge is 0.416 e. The Balaban J connectivity index is 1.73. The summed E-state index contributed by atoms with van der Waals surface area (Å²) in [5, 5.41) is 9.05. The number of benzene rings is 1. The molecule has 0 spiro atoms. The molecule has 0 unspecified atom stereocenters. The van der Waals surface area contributed by atoms with E-state index in [1.807, 2.05) is 35.8 Å². The molecule has 25 heavy (non-hydrogen) atoms. The second-order valence-electron chi connectivity index (χ2n) is 5.23. The monoisotopic (exact) mass is 362 g/mol. The van der Waals surface area contributed by atoms with Crippen molar-refractivity contribution >= 4 is 23.8 Å². The largest absolute Gasteiger partial charge is 0.497 e. The highest BCUT2D eigenvalue weighted by Gasteiger charge is 2.28. The van der Waals surface area contributed by atoms with E-state index in [-0.39, 0.29) is 18.3 Å². The van der Waals surface area contributed by atoms with Crippen molar-refractivity contribution in [3.63, 3.8) is 0 Å².